The Hall–Kier alpha value is -1.26. The molecule has 0 bridgehead atoms. The molecule has 92 valence electrons. The molecule has 0 saturated carbocycles. The van der Waals surface area contributed by atoms with E-state index in [0.717, 1.165) is 11.3 Å². The van der Waals surface area contributed by atoms with Gasteiger partial charge in [-0.05, 0) is 45.4 Å². The van der Waals surface area contributed by atoms with E-state index < -0.39 is 11.2 Å². The van der Waals surface area contributed by atoms with E-state index in [0.29, 0.717) is 0 Å². The fourth-order valence-corrected chi connectivity index (χ4v) is 2.27. The van der Waals surface area contributed by atoms with Crippen molar-refractivity contribution in [2.24, 2.45) is 4.99 Å². The van der Waals surface area contributed by atoms with Gasteiger partial charge in [0.05, 0.1) is 11.3 Å². The fraction of sp³-hybridized carbons (Fsp3) is 0.462. The first kappa shape index (κ1) is 12.2. The lowest BCUT2D eigenvalue weighted by Gasteiger charge is -2.33. The topological polar surface area (TPSA) is 35.8 Å². The molecule has 1 aromatic rings. The molecule has 1 N–H and O–H groups in total. The molecule has 1 aliphatic heterocycles. The van der Waals surface area contributed by atoms with Gasteiger partial charge in [-0.15, -0.1) is 0 Å². The summed E-state index contributed by atoms with van der Waals surface area (Å²) in [6.07, 6.45) is 0. The van der Waals surface area contributed by atoms with Crippen molar-refractivity contribution >= 4 is 5.71 Å². The van der Waals surface area contributed by atoms with Crippen molar-refractivity contribution in [3.8, 4) is 0 Å². The molecule has 0 spiro atoms. The largest absolute Gasteiger partial charge is 0.311 e. The molecular formula is C13H17FN2O. The average molecular weight is 236 g/mol. The smallest absolute Gasteiger partial charge is 0.131 e. The van der Waals surface area contributed by atoms with Gasteiger partial charge in [-0.3, -0.25) is 4.99 Å². The number of hydroxylamine groups is 2. The Morgan fingerprint density at radius 2 is 1.65 bits per heavy atom. The van der Waals surface area contributed by atoms with Crippen molar-refractivity contribution in [1.82, 2.24) is 5.06 Å². The van der Waals surface area contributed by atoms with Gasteiger partial charge >= 0.3 is 0 Å². The van der Waals surface area contributed by atoms with Crippen LogP contribution < -0.4 is 0 Å². The highest BCUT2D eigenvalue weighted by molar-refractivity contribution is 6.08. The van der Waals surface area contributed by atoms with Crippen LogP contribution in [-0.2, 0) is 0 Å². The molecule has 0 amide bonds. The number of hydrogen-bond donors (Lipinski definition) is 1. The number of nitrogens with zero attached hydrogens (tertiary/aromatic N) is 2. The lowest BCUT2D eigenvalue weighted by Crippen LogP contribution is -2.50. The van der Waals surface area contributed by atoms with Crippen LogP contribution in [0.4, 0.5) is 4.39 Å². The molecular weight excluding hydrogens is 219 g/mol. The predicted octanol–water partition coefficient (Wildman–Crippen LogP) is 2.83. The third-order valence-corrected chi connectivity index (χ3v) is 3.13. The van der Waals surface area contributed by atoms with Crippen LogP contribution in [0.2, 0.25) is 0 Å². The van der Waals surface area contributed by atoms with E-state index in [1.165, 1.54) is 17.2 Å². The zero-order valence-electron chi connectivity index (χ0n) is 10.5. The summed E-state index contributed by atoms with van der Waals surface area (Å²) in [5, 5.41) is 11.4. The molecule has 0 unspecified atom stereocenters. The average Bonchev–Trinajstić information content (AvgIpc) is 2.40. The van der Waals surface area contributed by atoms with E-state index >= 15 is 0 Å². The van der Waals surface area contributed by atoms with Gasteiger partial charge in [0, 0.05) is 0 Å². The van der Waals surface area contributed by atoms with Gasteiger partial charge < -0.3 is 5.21 Å². The Kier molecular flexibility index (Phi) is 2.60. The molecule has 0 aliphatic carbocycles. The first-order valence-corrected chi connectivity index (χ1v) is 5.60. The van der Waals surface area contributed by atoms with Gasteiger partial charge in [0.25, 0.3) is 0 Å². The van der Waals surface area contributed by atoms with Crippen molar-refractivity contribution in [3.05, 3.63) is 35.6 Å². The van der Waals surface area contributed by atoms with E-state index in [1.54, 1.807) is 12.1 Å². The summed E-state index contributed by atoms with van der Waals surface area (Å²) >= 11 is 0. The maximum Gasteiger partial charge on any atom is 0.131 e. The van der Waals surface area contributed by atoms with Gasteiger partial charge in [-0.2, -0.15) is 5.06 Å². The number of benzene rings is 1. The monoisotopic (exact) mass is 236 g/mol. The zero-order valence-corrected chi connectivity index (χ0v) is 10.5. The fourth-order valence-electron chi connectivity index (χ4n) is 2.27. The molecule has 1 aliphatic rings. The third-order valence-electron chi connectivity index (χ3n) is 3.13. The van der Waals surface area contributed by atoms with Crippen molar-refractivity contribution in [2.75, 3.05) is 0 Å². The second kappa shape index (κ2) is 3.62. The second-order valence-electron chi connectivity index (χ2n) is 5.33. The number of aliphatic imine (C=N–C) groups is 1. The SMILES string of the molecule is CC1(C)N=C(c2ccc(F)cc2)C(C)(C)N1O. The van der Waals surface area contributed by atoms with Gasteiger partial charge in [0.1, 0.15) is 11.5 Å². The first-order chi connectivity index (χ1) is 7.75. The summed E-state index contributed by atoms with van der Waals surface area (Å²) in [6, 6.07) is 6.18. The van der Waals surface area contributed by atoms with E-state index in [1.807, 2.05) is 27.7 Å². The summed E-state index contributed by atoms with van der Waals surface area (Å²) in [4.78, 5) is 4.52. The Bertz CT molecular complexity index is 463. The Balaban J connectivity index is 2.49. The van der Waals surface area contributed by atoms with Crippen LogP contribution in [0.25, 0.3) is 0 Å². The van der Waals surface area contributed by atoms with Crippen LogP contribution in [0.1, 0.15) is 33.3 Å². The quantitative estimate of drug-likeness (QED) is 0.813. The molecule has 1 heterocycles. The van der Waals surface area contributed by atoms with Gasteiger partial charge in [0.2, 0.25) is 0 Å². The maximum atomic E-state index is 12.9. The Labute approximate surface area is 101 Å². The normalized spacial score (nSPS) is 22.6. The van der Waals surface area contributed by atoms with Gasteiger partial charge in [-0.25, -0.2) is 4.39 Å². The molecule has 1 aromatic carbocycles. The highest BCUT2D eigenvalue weighted by Gasteiger charge is 2.47. The van der Waals surface area contributed by atoms with E-state index in [2.05, 4.69) is 4.99 Å². The van der Waals surface area contributed by atoms with Crippen LogP contribution in [0, 0.1) is 5.82 Å². The summed E-state index contributed by atoms with van der Waals surface area (Å²) in [5.41, 5.74) is 0.361. The molecule has 0 aromatic heterocycles. The third kappa shape index (κ3) is 1.87. The van der Waals surface area contributed by atoms with Crippen LogP contribution in [0.5, 0.6) is 0 Å². The lowest BCUT2D eigenvalue weighted by atomic mass is 9.93. The van der Waals surface area contributed by atoms with Crippen molar-refractivity contribution in [2.45, 2.75) is 38.9 Å². The standard InChI is InChI=1S/C13H17FN2O/c1-12(2)11(15-13(3,4)16(12)17)9-5-7-10(14)8-6-9/h5-8,17H,1-4H3. The number of hydrogen-bond acceptors (Lipinski definition) is 3. The number of rotatable bonds is 1. The minimum atomic E-state index is -0.660. The molecule has 0 radical (unpaired) electrons. The van der Waals surface area contributed by atoms with Crippen molar-refractivity contribution in [3.63, 3.8) is 0 Å². The molecule has 0 atom stereocenters. The Morgan fingerprint density at radius 1 is 1.12 bits per heavy atom. The van der Waals surface area contributed by atoms with Gasteiger partial charge in [-0.1, -0.05) is 12.1 Å². The van der Waals surface area contributed by atoms with Crippen molar-refractivity contribution in [1.29, 1.82) is 0 Å². The van der Waals surface area contributed by atoms with Crippen LogP contribution in [0.15, 0.2) is 29.3 Å². The molecule has 2 rings (SSSR count). The van der Waals surface area contributed by atoms with Crippen LogP contribution in [0.3, 0.4) is 0 Å². The lowest BCUT2D eigenvalue weighted by molar-refractivity contribution is -0.188. The van der Waals surface area contributed by atoms with Gasteiger partial charge in [0.15, 0.2) is 0 Å². The second-order valence-corrected chi connectivity index (χ2v) is 5.33. The van der Waals surface area contributed by atoms with E-state index in [4.69, 9.17) is 0 Å². The first-order valence-electron chi connectivity index (χ1n) is 5.60. The summed E-state index contributed by atoms with van der Waals surface area (Å²) in [6.45, 7) is 7.46. The molecule has 0 fully saturated rings. The minimum Gasteiger partial charge on any atom is -0.311 e. The van der Waals surface area contributed by atoms with Crippen LogP contribution in [-0.4, -0.2) is 27.2 Å². The summed E-state index contributed by atoms with van der Waals surface area (Å²) in [7, 11) is 0. The number of halogens is 1. The molecule has 3 nitrogen and oxygen atoms in total. The van der Waals surface area contributed by atoms with E-state index in [-0.39, 0.29) is 5.82 Å². The molecule has 4 heteroatoms. The zero-order chi connectivity index (χ0) is 12.8. The van der Waals surface area contributed by atoms with Crippen molar-refractivity contribution < 1.29 is 9.60 Å². The predicted molar refractivity (Wildman–Crippen MR) is 64.7 cm³/mol. The highest BCUT2D eigenvalue weighted by Crippen LogP contribution is 2.35. The highest BCUT2D eigenvalue weighted by atomic mass is 19.1. The molecule has 17 heavy (non-hydrogen) atoms. The summed E-state index contributed by atoms with van der Waals surface area (Å²) < 4.78 is 12.9. The van der Waals surface area contributed by atoms with Crippen LogP contribution >= 0.6 is 0 Å². The van der Waals surface area contributed by atoms with E-state index in [9.17, 15) is 9.60 Å². The minimum absolute atomic E-state index is 0.273. The Morgan fingerprint density at radius 3 is 2.06 bits per heavy atom. The maximum absolute atomic E-state index is 12.9. The molecule has 0 saturated heterocycles. The summed E-state index contributed by atoms with van der Waals surface area (Å²) in [5.74, 6) is -0.273.